The van der Waals surface area contributed by atoms with Gasteiger partial charge in [-0.25, -0.2) is 4.98 Å². The molecule has 1 aromatic heterocycles. The van der Waals surface area contributed by atoms with Crippen molar-refractivity contribution in [1.29, 1.82) is 0 Å². The van der Waals surface area contributed by atoms with Crippen LogP contribution in [-0.4, -0.2) is 47.5 Å². The highest BCUT2D eigenvalue weighted by molar-refractivity contribution is 5.98. The molecule has 3 heterocycles. The molecule has 0 aromatic carbocycles. The third-order valence-corrected chi connectivity index (χ3v) is 4.52. The molecular formula is C16H24N4O. The van der Waals surface area contributed by atoms with Gasteiger partial charge >= 0.3 is 0 Å². The molecule has 0 saturated carbocycles. The zero-order chi connectivity index (χ0) is 14.7. The summed E-state index contributed by atoms with van der Waals surface area (Å²) in [4.78, 5) is 19.4. The third kappa shape index (κ3) is 3.02. The number of fused-ring (bicyclic) bond motifs is 1. The van der Waals surface area contributed by atoms with Crippen molar-refractivity contribution in [1.82, 2.24) is 15.2 Å². The summed E-state index contributed by atoms with van der Waals surface area (Å²) in [6.45, 7) is 5.23. The number of hydrogen-bond donors (Lipinski definition) is 2. The molecule has 2 unspecified atom stereocenters. The number of rotatable bonds is 5. The van der Waals surface area contributed by atoms with Gasteiger partial charge in [0.2, 0.25) is 0 Å². The first-order valence-corrected chi connectivity index (χ1v) is 8.03. The Balaban J connectivity index is 1.68. The minimum atomic E-state index is 0.000420. The van der Waals surface area contributed by atoms with Crippen molar-refractivity contribution in [2.75, 3.05) is 25.0 Å². The Morgan fingerprint density at radius 1 is 1.43 bits per heavy atom. The van der Waals surface area contributed by atoms with Crippen LogP contribution in [0.4, 0.5) is 5.82 Å². The van der Waals surface area contributed by atoms with E-state index in [-0.39, 0.29) is 5.91 Å². The van der Waals surface area contributed by atoms with Crippen molar-refractivity contribution in [3.05, 3.63) is 23.9 Å². The van der Waals surface area contributed by atoms with Gasteiger partial charge in [0, 0.05) is 31.4 Å². The maximum absolute atomic E-state index is 12.6. The number of aromatic nitrogens is 1. The van der Waals surface area contributed by atoms with E-state index in [0.29, 0.717) is 23.5 Å². The molecule has 3 rings (SSSR count). The lowest BCUT2D eigenvalue weighted by Crippen LogP contribution is -2.42. The van der Waals surface area contributed by atoms with Crippen LogP contribution in [0.5, 0.6) is 0 Å². The normalized spacial score (nSPS) is 24.8. The standard InChI is InChI=1S/C16H24N4O/c1-2-8-17-15-12(5-3-9-18-15)16(21)19-13-7-11-20-10-4-6-14(13)20/h3,5,9,13-14H,2,4,6-8,10-11H2,1H3,(H,17,18)(H,19,21). The monoisotopic (exact) mass is 288 g/mol. The minimum absolute atomic E-state index is 0.000420. The van der Waals surface area contributed by atoms with Gasteiger partial charge in [0.1, 0.15) is 5.82 Å². The number of hydrogen-bond acceptors (Lipinski definition) is 4. The van der Waals surface area contributed by atoms with E-state index >= 15 is 0 Å². The van der Waals surface area contributed by atoms with E-state index in [2.05, 4.69) is 27.4 Å². The highest BCUT2D eigenvalue weighted by atomic mass is 16.1. The molecule has 2 fully saturated rings. The van der Waals surface area contributed by atoms with Crippen LogP contribution in [0.25, 0.3) is 0 Å². The van der Waals surface area contributed by atoms with Crippen LogP contribution >= 0.6 is 0 Å². The van der Waals surface area contributed by atoms with Crippen molar-refractivity contribution in [2.24, 2.45) is 0 Å². The fourth-order valence-electron chi connectivity index (χ4n) is 3.47. The topological polar surface area (TPSA) is 57.3 Å². The molecule has 0 radical (unpaired) electrons. The van der Waals surface area contributed by atoms with Crippen molar-refractivity contribution in [3.8, 4) is 0 Å². The predicted octanol–water partition coefficient (Wildman–Crippen LogP) is 1.87. The van der Waals surface area contributed by atoms with Crippen molar-refractivity contribution in [3.63, 3.8) is 0 Å². The van der Waals surface area contributed by atoms with E-state index in [1.54, 1.807) is 6.20 Å². The molecule has 114 valence electrons. The number of amides is 1. The number of carbonyl (C=O) groups is 1. The van der Waals surface area contributed by atoms with Crippen molar-refractivity contribution >= 4 is 11.7 Å². The molecule has 1 aromatic rings. The summed E-state index contributed by atoms with van der Waals surface area (Å²) in [5.74, 6) is 0.693. The minimum Gasteiger partial charge on any atom is -0.369 e. The molecule has 2 aliphatic heterocycles. The maximum atomic E-state index is 12.6. The van der Waals surface area contributed by atoms with Crippen LogP contribution in [0.1, 0.15) is 43.0 Å². The molecule has 5 heteroatoms. The Bertz CT molecular complexity index is 505. The van der Waals surface area contributed by atoms with Gasteiger partial charge in [-0.3, -0.25) is 9.69 Å². The summed E-state index contributed by atoms with van der Waals surface area (Å²) in [7, 11) is 0. The van der Waals surface area contributed by atoms with Gasteiger partial charge in [0.15, 0.2) is 0 Å². The van der Waals surface area contributed by atoms with Gasteiger partial charge in [-0.05, 0) is 44.4 Å². The number of nitrogens with zero attached hydrogens (tertiary/aromatic N) is 2. The maximum Gasteiger partial charge on any atom is 0.255 e. The molecule has 2 atom stereocenters. The quantitative estimate of drug-likeness (QED) is 0.868. The van der Waals surface area contributed by atoms with Crippen LogP contribution in [0.2, 0.25) is 0 Å². The zero-order valence-corrected chi connectivity index (χ0v) is 12.6. The van der Waals surface area contributed by atoms with Gasteiger partial charge in [0.05, 0.1) is 5.56 Å². The summed E-state index contributed by atoms with van der Waals surface area (Å²) in [5.41, 5.74) is 0.655. The second kappa shape index (κ2) is 6.43. The SMILES string of the molecule is CCCNc1ncccc1C(=O)NC1CCN2CCCC12. The Labute approximate surface area is 126 Å². The second-order valence-electron chi connectivity index (χ2n) is 5.94. The zero-order valence-electron chi connectivity index (χ0n) is 12.6. The number of nitrogens with one attached hydrogen (secondary N) is 2. The first kappa shape index (κ1) is 14.3. The van der Waals surface area contributed by atoms with E-state index in [1.165, 1.54) is 19.4 Å². The lowest BCUT2D eigenvalue weighted by atomic mass is 10.1. The van der Waals surface area contributed by atoms with Gasteiger partial charge in [-0.15, -0.1) is 0 Å². The van der Waals surface area contributed by atoms with Crippen LogP contribution in [0, 0.1) is 0 Å². The summed E-state index contributed by atoms with van der Waals surface area (Å²) < 4.78 is 0. The Morgan fingerprint density at radius 2 is 2.33 bits per heavy atom. The average Bonchev–Trinajstić information content (AvgIpc) is 3.10. The molecule has 0 spiro atoms. The van der Waals surface area contributed by atoms with Gasteiger partial charge in [-0.1, -0.05) is 6.92 Å². The van der Waals surface area contributed by atoms with Gasteiger partial charge in [-0.2, -0.15) is 0 Å². The number of pyridine rings is 1. The van der Waals surface area contributed by atoms with Crippen LogP contribution in [-0.2, 0) is 0 Å². The molecule has 5 nitrogen and oxygen atoms in total. The van der Waals surface area contributed by atoms with E-state index in [9.17, 15) is 4.79 Å². The van der Waals surface area contributed by atoms with Crippen LogP contribution in [0.3, 0.4) is 0 Å². The molecule has 2 saturated heterocycles. The molecule has 0 aliphatic carbocycles. The summed E-state index contributed by atoms with van der Waals surface area (Å²) >= 11 is 0. The highest BCUT2D eigenvalue weighted by Crippen LogP contribution is 2.28. The number of carbonyl (C=O) groups excluding carboxylic acids is 1. The fraction of sp³-hybridized carbons (Fsp3) is 0.625. The van der Waals surface area contributed by atoms with E-state index in [1.807, 2.05) is 12.1 Å². The Hall–Kier alpha value is -1.62. The molecule has 1 amide bonds. The van der Waals surface area contributed by atoms with E-state index in [4.69, 9.17) is 0 Å². The summed E-state index contributed by atoms with van der Waals surface area (Å²) in [5, 5.41) is 6.46. The lowest BCUT2D eigenvalue weighted by Gasteiger charge is -2.21. The lowest BCUT2D eigenvalue weighted by molar-refractivity contribution is 0.0930. The molecule has 2 aliphatic rings. The molecule has 2 N–H and O–H groups in total. The Morgan fingerprint density at radius 3 is 3.19 bits per heavy atom. The second-order valence-corrected chi connectivity index (χ2v) is 5.94. The predicted molar refractivity (Wildman–Crippen MR) is 83.5 cm³/mol. The first-order chi connectivity index (χ1) is 10.3. The average molecular weight is 288 g/mol. The van der Waals surface area contributed by atoms with E-state index < -0.39 is 0 Å². The van der Waals surface area contributed by atoms with Crippen molar-refractivity contribution < 1.29 is 4.79 Å². The summed E-state index contributed by atoms with van der Waals surface area (Å²) in [6, 6.07) is 4.50. The molecular weight excluding hydrogens is 264 g/mol. The number of anilines is 1. The highest BCUT2D eigenvalue weighted by Gasteiger charge is 2.38. The first-order valence-electron chi connectivity index (χ1n) is 8.03. The smallest absolute Gasteiger partial charge is 0.255 e. The van der Waals surface area contributed by atoms with Crippen LogP contribution in [0.15, 0.2) is 18.3 Å². The third-order valence-electron chi connectivity index (χ3n) is 4.52. The Kier molecular flexibility index (Phi) is 4.39. The molecule has 21 heavy (non-hydrogen) atoms. The van der Waals surface area contributed by atoms with Gasteiger partial charge in [0.25, 0.3) is 5.91 Å². The van der Waals surface area contributed by atoms with Crippen molar-refractivity contribution in [2.45, 2.75) is 44.7 Å². The van der Waals surface area contributed by atoms with E-state index in [0.717, 1.165) is 25.9 Å². The largest absolute Gasteiger partial charge is 0.369 e. The van der Waals surface area contributed by atoms with Crippen LogP contribution < -0.4 is 10.6 Å². The molecule has 0 bridgehead atoms. The summed E-state index contributed by atoms with van der Waals surface area (Å²) in [6.07, 6.45) is 6.26. The fourth-order valence-corrected chi connectivity index (χ4v) is 3.47. The van der Waals surface area contributed by atoms with Gasteiger partial charge < -0.3 is 10.6 Å².